The van der Waals surface area contributed by atoms with Crippen molar-refractivity contribution in [2.24, 2.45) is 0 Å². The highest BCUT2D eigenvalue weighted by molar-refractivity contribution is 6.38. The quantitative estimate of drug-likeness (QED) is 0.121. The van der Waals surface area contributed by atoms with Gasteiger partial charge in [-0.3, -0.25) is 0 Å². The van der Waals surface area contributed by atoms with E-state index in [1.165, 1.54) is 76.1 Å². The number of aromatic nitrogens is 1. The van der Waals surface area contributed by atoms with Gasteiger partial charge in [-0.25, -0.2) is 0 Å². The molecule has 0 bridgehead atoms. The number of furan rings is 2. The standard InChI is InChI=1S/C92H65N3O2/c1-56(2)58-33-41-68(42-34-58)93(70-45-37-62(38-46-70)66-31-29-60-17-5-7-19-64(60)51-66)83-54-81-89(87-78-25-13-15-27-85(78)96-91(83)87)90-82(95(81)72-49-50-77-75-23-10-9-21-73(75)74-22-11-12-24-76(74)80(77)53-72)55-84(92-88(90)79-26-14-16-28-86(79)97-92)94(69-43-35-59(36-44-69)57(3)4)71-47-39-63(40-48-71)67-32-30-61-18-6-8-20-65(61)52-67/h5-57H,1-4H3. The average molecular weight is 1240 g/mol. The van der Waals surface area contributed by atoms with Gasteiger partial charge in [-0.05, 0) is 196 Å². The van der Waals surface area contributed by atoms with Crippen LogP contribution in [0.3, 0.4) is 0 Å². The zero-order valence-electron chi connectivity index (χ0n) is 54.3. The maximum absolute atomic E-state index is 7.49. The molecule has 0 atom stereocenters. The normalized spacial score (nSPS) is 12.1. The summed E-state index contributed by atoms with van der Waals surface area (Å²) in [5.41, 5.74) is 19.3. The van der Waals surface area contributed by atoms with Crippen LogP contribution in [0.4, 0.5) is 34.1 Å². The van der Waals surface area contributed by atoms with Crippen LogP contribution in [0.15, 0.2) is 318 Å². The third kappa shape index (κ3) is 9.06. The van der Waals surface area contributed by atoms with Crippen molar-refractivity contribution < 1.29 is 8.83 Å². The number of nitrogens with zero attached hydrogens (tertiary/aromatic N) is 3. The van der Waals surface area contributed by atoms with Gasteiger partial charge in [-0.15, -0.1) is 0 Å². The number of fused-ring (bicyclic) bond motifs is 19. The molecule has 0 aliphatic carbocycles. The lowest BCUT2D eigenvalue weighted by atomic mass is 9.94. The molecule has 16 aromatic carbocycles. The monoisotopic (exact) mass is 1240 g/mol. The van der Waals surface area contributed by atoms with Crippen molar-refractivity contribution in [1.29, 1.82) is 0 Å². The fraction of sp³-hybridized carbons (Fsp3) is 0.0652. The minimum Gasteiger partial charge on any atom is -0.454 e. The van der Waals surface area contributed by atoms with Gasteiger partial charge in [-0.2, -0.15) is 0 Å². The first kappa shape index (κ1) is 56.4. The smallest absolute Gasteiger partial charge is 0.160 e. The molecule has 0 fully saturated rings. The van der Waals surface area contributed by atoms with Crippen molar-refractivity contribution in [3.8, 4) is 27.9 Å². The summed E-state index contributed by atoms with van der Waals surface area (Å²) in [7, 11) is 0. The van der Waals surface area contributed by atoms with Crippen molar-refractivity contribution >= 4 is 154 Å². The summed E-state index contributed by atoms with van der Waals surface area (Å²) >= 11 is 0. The molecule has 5 heteroatoms. The molecule has 19 rings (SSSR count). The van der Waals surface area contributed by atoms with E-state index in [0.29, 0.717) is 11.8 Å². The maximum Gasteiger partial charge on any atom is 0.160 e. The van der Waals surface area contributed by atoms with Crippen molar-refractivity contribution in [1.82, 2.24) is 4.57 Å². The van der Waals surface area contributed by atoms with E-state index < -0.39 is 0 Å². The van der Waals surface area contributed by atoms with Gasteiger partial charge in [0, 0.05) is 60.8 Å². The van der Waals surface area contributed by atoms with Crippen LogP contribution < -0.4 is 9.80 Å². The Morgan fingerprint density at radius 1 is 0.268 bits per heavy atom. The predicted octanol–water partition coefficient (Wildman–Crippen LogP) is 26.9. The van der Waals surface area contributed by atoms with Gasteiger partial charge in [0.2, 0.25) is 0 Å². The van der Waals surface area contributed by atoms with Gasteiger partial charge in [0.1, 0.15) is 11.2 Å². The van der Waals surface area contributed by atoms with E-state index in [2.05, 4.69) is 351 Å². The Morgan fingerprint density at radius 3 is 1.02 bits per heavy atom. The Hall–Kier alpha value is -12.2. The highest BCUT2D eigenvalue weighted by Crippen LogP contribution is 2.54. The number of para-hydroxylation sites is 2. The van der Waals surface area contributed by atoms with Crippen LogP contribution >= 0.6 is 0 Å². The van der Waals surface area contributed by atoms with Crippen LogP contribution in [0.5, 0.6) is 0 Å². The van der Waals surface area contributed by atoms with Crippen LogP contribution in [0.2, 0.25) is 0 Å². The second kappa shape index (κ2) is 22.2. The molecule has 460 valence electrons. The molecule has 5 nitrogen and oxygen atoms in total. The van der Waals surface area contributed by atoms with Gasteiger partial charge >= 0.3 is 0 Å². The van der Waals surface area contributed by atoms with Gasteiger partial charge in [0.05, 0.1) is 22.4 Å². The SMILES string of the molecule is CC(C)c1ccc(N(c2ccc(-c3ccc4ccccc4c3)cc2)c2cc3c(c4c2oc2ccccc24)c2c4c(oc5ccccc54)c(N(c4ccc(-c5ccc6ccccc6c5)cc4)c4ccc(C(C)C)cc4)cc2n3-c2ccc3c4ccccc4c4ccccc4c3c2)cc1. The van der Waals surface area contributed by atoms with Gasteiger partial charge in [0.15, 0.2) is 11.2 Å². The van der Waals surface area contributed by atoms with E-state index in [9.17, 15) is 0 Å². The molecule has 3 heterocycles. The van der Waals surface area contributed by atoms with E-state index >= 15 is 0 Å². The fourth-order valence-corrected chi connectivity index (χ4v) is 15.6. The molecule has 0 radical (unpaired) electrons. The summed E-state index contributed by atoms with van der Waals surface area (Å²) in [6, 6.07) is 114. The largest absolute Gasteiger partial charge is 0.454 e. The van der Waals surface area contributed by atoms with E-state index in [0.717, 1.165) is 117 Å². The molecule has 0 saturated heterocycles. The summed E-state index contributed by atoms with van der Waals surface area (Å²) in [6.45, 7) is 9.04. The molecule has 0 aliphatic rings. The fourth-order valence-electron chi connectivity index (χ4n) is 15.6. The van der Waals surface area contributed by atoms with Crippen LogP contribution in [0, 0.1) is 0 Å². The first-order valence-electron chi connectivity index (χ1n) is 33.8. The molecule has 0 saturated carbocycles. The highest BCUT2D eigenvalue weighted by Gasteiger charge is 2.31. The molecule has 0 amide bonds. The molecular formula is C92H65N3O2. The number of benzene rings is 16. The maximum atomic E-state index is 7.49. The summed E-state index contributed by atoms with van der Waals surface area (Å²) in [5, 5.41) is 18.5. The molecule has 0 unspecified atom stereocenters. The summed E-state index contributed by atoms with van der Waals surface area (Å²) in [4.78, 5) is 4.83. The minimum absolute atomic E-state index is 0.348. The minimum atomic E-state index is 0.348. The summed E-state index contributed by atoms with van der Waals surface area (Å²) < 4.78 is 17.5. The van der Waals surface area contributed by atoms with Crippen LogP contribution in [0.25, 0.3) is 147 Å². The third-order valence-corrected chi connectivity index (χ3v) is 20.5. The number of hydrogen-bond donors (Lipinski definition) is 0. The van der Waals surface area contributed by atoms with Gasteiger partial charge in [0.25, 0.3) is 0 Å². The lowest BCUT2D eigenvalue weighted by molar-refractivity contribution is 0.669. The second-order valence-electron chi connectivity index (χ2n) is 26.7. The Labute approximate surface area is 561 Å². The first-order valence-corrected chi connectivity index (χ1v) is 33.8. The van der Waals surface area contributed by atoms with Crippen LogP contribution in [-0.4, -0.2) is 4.57 Å². The Morgan fingerprint density at radius 2 is 0.608 bits per heavy atom. The molecule has 97 heavy (non-hydrogen) atoms. The van der Waals surface area contributed by atoms with Crippen molar-refractivity contribution in [2.75, 3.05) is 9.80 Å². The van der Waals surface area contributed by atoms with Crippen molar-refractivity contribution in [2.45, 2.75) is 39.5 Å². The Bertz CT molecular complexity index is 6020. The summed E-state index contributed by atoms with van der Waals surface area (Å²) in [5.74, 6) is 0.696. The lowest BCUT2D eigenvalue weighted by Gasteiger charge is -2.27. The van der Waals surface area contributed by atoms with Crippen molar-refractivity contribution in [3.05, 3.63) is 321 Å². The first-order chi connectivity index (χ1) is 47.7. The van der Waals surface area contributed by atoms with E-state index in [4.69, 9.17) is 8.83 Å². The van der Waals surface area contributed by atoms with Crippen LogP contribution in [0.1, 0.15) is 50.7 Å². The van der Waals surface area contributed by atoms with Crippen molar-refractivity contribution in [3.63, 3.8) is 0 Å². The molecule has 0 N–H and O–H groups in total. The Balaban J connectivity index is 0.945. The second-order valence-corrected chi connectivity index (χ2v) is 26.7. The molecule has 19 aromatic rings. The third-order valence-electron chi connectivity index (χ3n) is 20.5. The predicted molar refractivity (Wildman–Crippen MR) is 411 cm³/mol. The van der Waals surface area contributed by atoms with Gasteiger partial charge in [-0.1, -0.05) is 240 Å². The Kier molecular flexibility index (Phi) is 12.9. The summed E-state index contributed by atoms with van der Waals surface area (Å²) in [6.07, 6.45) is 0. The molecule has 3 aromatic heterocycles. The topological polar surface area (TPSA) is 37.7 Å². The molecule has 0 spiro atoms. The number of rotatable bonds is 11. The molecular weight excluding hydrogens is 1180 g/mol. The van der Waals surface area contributed by atoms with E-state index in [-0.39, 0.29) is 0 Å². The number of anilines is 6. The van der Waals surface area contributed by atoms with E-state index in [1.54, 1.807) is 0 Å². The zero-order chi connectivity index (χ0) is 64.6. The molecule has 0 aliphatic heterocycles. The number of hydrogen-bond acceptors (Lipinski definition) is 4. The zero-order valence-corrected chi connectivity index (χ0v) is 54.3. The average Bonchev–Trinajstić information content (AvgIpc) is 1.52. The highest BCUT2D eigenvalue weighted by atomic mass is 16.3. The van der Waals surface area contributed by atoms with E-state index in [1.807, 2.05) is 0 Å². The van der Waals surface area contributed by atoms with Gasteiger partial charge < -0.3 is 23.2 Å². The van der Waals surface area contributed by atoms with Crippen LogP contribution in [-0.2, 0) is 0 Å². The lowest BCUT2D eigenvalue weighted by Crippen LogP contribution is -2.11.